The van der Waals surface area contributed by atoms with Gasteiger partial charge < -0.3 is 10.0 Å². The van der Waals surface area contributed by atoms with Gasteiger partial charge in [0.2, 0.25) is 0 Å². The van der Waals surface area contributed by atoms with E-state index in [-0.39, 0.29) is 5.82 Å². The summed E-state index contributed by atoms with van der Waals surface area (Å²) in [6.45, 7) is 0.779. The van der Waals surface area contributed by atoms with E-state index in [1.807, 2.05) is 0 Å². The van der Waals surface area contributed by atoms with Crippen LogP contribution in [-0.4, -0.2) is 32.8 Å². The quantitative estimate of drug-likeness (QED) is 0.827. The van der Waals surface area contributed by atoms with Crippen molar-refractivity contribution in [1.82, 2.24) is 15.1 Å². The number of nitrogens with zero attached hydrogens (tertiary/aromatic N) is 2. The third-order valence-corrected chi connectivity index (χ3v) is 3.32. The maximum Gasteiger partial charge on any atom is 0.407 e. The summed E-state index contributed by atoms with van der Waals surface area (Å²) < 4.78 is 12.9. The van der Waals surface area contributed by atoms with Crippen molar-refractivity contribution in [3.8, 4) is 11.3 Å². The molecule has 2 aromatic rings. The predicted molar refractivity (Wildman–Crippen MR) is 66.1 cm³/mol. The molecule has 0 bridgehead atoms. The average Bonchev–Trinajstić information content (AvgIpc) is 2.82. The van der Waals surface area contributed by atoms with Crippen LogP contribution in [0.3, 0.4) is 0 Å². The molecule has 5 nitrogen and oxygen atoms in total. The normalized spacial score (nSPS) is 14.3. The van der Waals surface area contributed by atoms with E-state index in [1.165, 1.54) is 17.0 Å². The Balaban J connectivity index is 1.99. The molecule has 0 radical (unpaired) electrons. The van der Waals surface area contributed by atoms with Crippen LogP contribution >= 0.6 is 0 Å². The molecule has 3 rings (SSSR count). The van der Waals surface area contributed by atoms with Crippen LogP contribution in [0.1, 0.15) is 11.3 Å². The molecule has 1 amide bonds. The van der Waals surface area contributed by atoms with E-state index in [0.717, 1.165) is 16.8 Å². The Kier molecular flexibility index (Phi) is 2.70. The average molecular weight is 261 g/mol. The molecule has 0 spiro atoms. The molecule has 98 valence electrons. The number of H-pyrrole nitrogens is 1. The van der Waals surface area contributed by atoms with Crippen LogP contribution in [0.4, 0.5) is 9.18 Å². The second-order valence-corrected chi connectivity index (χ2v) is 4.49. The summed E-state index contributed by atoms with van der Waals surface area (Å²) in [6.07, 6.45) is -0.313. The van der Waals surface area contributed by atoms with Crippen LogP contribution in [-0.2, 0) is 13.0 Å². The van der Waals surface area contributed by atoms with Gasteiger partial charge in [0.05, 0.1) is 12.2 Å². The Hall–Kier alpha value is -2.37. The lowest BCUT2D eigenvalue weighted by atomic mass is 10.0. The molecule has 0 saturated carbocycles. The number of fused-ring (bicyclic) bond motifs is 1. The third kappa shape index (κ3) is 2.05. The maximum absolute atomic E-state index is 12.9. The van der Waals surface area contributed by atoms with Gasteiger partial charge in [0.25, 0.3) is 0 Å². The van der Waals surface area contributed by atoms with Crippen molar-refractivity contribution >= 4 is 6.09 Å². The minimum Gasteiger partial charge on any atom is -0.465 e. The Morgan fingerprint density at radius 3 is 2.79 bits per heavy atom. The van der Waals surface area contributed by atoms with Gasteiger partial charge in [-0.25, -0.2) is 9.18 Å². The van der Waals surface area contributed by atoms with Gasteiger partial charge in [0, 0.05) is 29.8 Å². The predicted octanol–water partition coefficient (Wildman–Crippen LogP) is 2.25. The zero-order valence-corrected chi connectivity index (χ0v) is 10.1. The molecular formula is C13H12FN3O2. The molecular weight excluding hydrogens is 249 g/mol. The fraction of sp³-hybridized carbons (Fsp3) is 0.231. The molecule has 6 heteroatoms. The SMILES string of the molecule is O=C(O)N1CCc2[nH]nc(-c3ccc(F)cc3)c2C1. The molecule has 2 N–H and O–H groups in total. The lowest BCUT2D eigenvalue weighted by Gasteiger charge is -2.24. The number of benzene rings is 1. The highest BCUT2D eigenvalue weighted by atomic mass is 19.1. The first-order valence-electron chi connectivity index (χ1n) is 5.95. The van der Waals surface area contributed by atoms with Gasteiger partial charge in [-0.05, 0) is 24.3 Å². The zero-order valence-electron chi connectivity index (χ0n) is 10.1. The second kappa shape index (κ2) is 4.38. The van der Waals surface area contributed by atoms with E-state index >= 15 is 0 Å². The van der Waals surface area contributed by atoms with Crippen LogP contribution < -0.4 is 0 Å². The summed E-state index contributed by atoms with van der Waals surface area (Å²) in [5, 5.41) is 16.2. The number of hydrogen-bond donors (Lipinski definition) is 2. The van der Waals surface area contributed by atoms with Gasteiger partial charge in [-0.3, -0.25) is 5.10 Å². The van der Waals surface area contributed by atoms with E-state index in [4.69, 9.17) is 5.11 Å². The minimum atomic E-state index is -0.933. The van der Waals surface area contributed by atoms with Crippen molar-refractivity contribution in [2.24, 2.45) is 0 Å². The molecule has 0 saturated heterocycles. The summed E-state index contributed by atoms with van der Waals surface area (Å²) in [6, 6.07) is 6.03. The Bertz CT molecular complexity index is 621. The number of carbonyl (C=O) groups is 1. The number of carboxylic acid groups (broad SMARTS) is 1. The summed E-state index contributed by atoms with van der Waals surface area (Å²) in [5.41, 5.74) is 3.31. The molecule has 1 aliphatic rings. The smallest absolute Gasteiger partial charge is 0.407 e. The first-order chi connectivity index (χ1) is 9.15. The molecule has 19 heavy (non-hydrogen) atoms. The molecule has 0 unspecified atom stereocenters. The Labute approximate surface area is 108 Å². The number of amides is 1. The molecule has 1 aromatic heterocycles. The topological polar surface area (TPSA) is 69.2 Å². The number of hydrogen-bond acceptors (Lipinski definition) is 2. The monoisotopic (exact) mass is 261 g/mol. The molecule has 1 aliphatic heterocycles. The second-order valence-electron chi connectivity index (χ2n) is 4.49. The highest BCUT2D eigenvalue weighted by molar-refractivity contribution is 5.68. The summed E-state index contributed by atoms with van der Waals surface area (Å²) in [7, 11) is 0. The lowest BCUT2D eigenvalue weighted by molar-refractivity contribution is 0.140. The van der Waals surface area contributed by atoms with Crippen molar-refractivity contribution in [3.63, 3.8) is 0 Å². The van der Waals surface area contributed by atoms with Crippen molar-refractivity contribution < 1.29 is 14.3 Å². The van der Waals surface area contributed by atoms with Crippen molar-refractivity contribution in [3.05, 3.63) is 41.3 Å². The van der Waals surface area contributed by atoms with E-state index in [1.54, 1.807) is 12.1 Å². The standard InChI is InChI=1S/C13H12FN3O2/c14-9-3-1-8(2-4-9)12-10-7-17(13(18)19)6-5-11(10)15-16-12/h1-4H,5-7H2,(H,15,16)(H,18,19). The highest BCUT2D eigenvalue weighted by Gasteiger charge is 2.25. The van der Waals surface area contributed by atoms with Crippen LogP contribution in [0.2, 0.25) is 0 Å². The molecule has 0 atom stereocenters. The number of rotatable bonds is 1. The van der Waals surface area contributed by atoms with Gasteiger partial charge >= 0.3 is 6.09 Å². The molecule has 0 fully saturated rings. The fourth-order valence-corrected chi connectivity index (χ4v) is 2.30. The van der Waals surface area contributed by atoms with E-state index in [9.17, 15) is 9.18 Å². The largest absolute Gasteiger partial charge is 0.465 e. The van der Waals surface area contributed by atoms with Gasteiger partial charge in [-0.15, -0.1) is 0 Å². The van der Waals surface area contributed by atoms with Crippen LogP contribution in [0, 0.1) is 5.82 Å². The molecule has 0 aliphatic carbocycles. The van der Waals surface area contributed by atoms with E-state index in [0.29, 0.717) is 25.2 Å². The van der Waals surface area contributed by atoms with Crippen LogP contribution in [0.15, 0.2) is 24.3 Å². The number of halogens is 1. The van der Waals surface area contributed by atoms with Gasteiger partial charge in [0.15, 0.2) is 0 Å². The number of aromatic amines is 1. The first kappa shape index (κ1) is 11.7. The molecule has 2 heterocycles. The van der Waals surface area contributed by atoms with Crippen LogP contribution in [0.5, 0.6) is 0 Å². The molecule has 1 aromatic carbocycles. The lowest BCUT2D eigenvalue weighted by Crippen LogP contribution is -2.34. The summed E-state index contributed by atoms with van der Waals surface area (Å²) in [5.74, 6) is -0.305. The Morgan fingerprint density at radius 2 is 2.11 bits per heavy atom. The van der Waals surface area contributed by atoms with E-state index in [2.05, 4.69) is 10.2 Å². The van der Waals surface area contributed by atoms with E-state index < -0.39 is 6.09 Å². The summed E-state index contributed by atoms with van der Waals surface area (Å²) >= 11 is 0. The number of nitrogens with one attached hydrogen (secondary N) is 1. The Morgan fingerprint density at radius 1 is 1.37 bits per heavy atom. The highest BCUT2D eigenvalue weighted by Crippen LogP contribution is 2.28. The zero-order chi connectivity index (χ0) is 13.4. The van der Waals surface area contributed by atoms with Gasteiger partial charge in [-0.2, -0.15) is 5.10 Å². The van der Waals surface area contributed by atoms with Crippen molar-refractivity contribution in [2.75, 3.05) is 6.54 Å². The summed E-state index contributed by atoms with van der Waals surface area (Å²) in [4.78, 5) is 12.4. The fourth-order valence-electron chi connectivity index (χ4n) is 2.30. The van der Waals surface area contributed by atoms with Crippen LogP contribution in [0.25, 0.3) is 11.3 Å². The first-order valence-corrected chi connectivity index (χ1v) is 5.95. The minimum absolute atomic E-state index is 0.305. The third-order valence-electron chi connectivity index (χ3n) is 3.32. The van der Waals surface area contributed by atoms with Gasteiger partial charge in [-0.1, -0.05) is 0 Å². The van der Waals surface area contributed by atoms with Crippen molar-refractivity contribution in [2.45, 2.75) is 13.0 Å². The van der Waals surface area contributed by atoms with Crippen molar-refractivity contribution in [1.29, 1.82) is 0 Å². The number of aromatic nitrogens is 2. The maximum atomic E-state index is 12.9. The van der Waals surface area contributed by atoms with Gasteiger partial charge in [0.1, 0.15) is 5.82 Å².